The Bertz CT molecular complexity index is 758. The van der Waals surface area contributed by atoms with Gasteiger partial charge in [-0.3, -0.25) is 9.52 Å². The van der Waals surface area contributed by atoms with Gasteiger partial charge in [-0.2, -0.15) is 0 Å². The predicted molar refractivity (Wildman–Crippen MR) is 90.3 cm³/mol. The molecule has 0 aliphatic heterocycles. The highest BCUT2D eigenvalue weighted by Gasteiger charge is 2.12. The van der Waals surface area contributed by atoms with Crippen LogP contribution in [0.3, 0.4) is 0 Å². The molecule has 0 aliphatic rings. The van der Waals surface area contributed by atoms with Gasteiger partial charge < -0.3 is 9.64 Å². The summed E-state index contributed by atoms with van der Waals surface area (Å²) in [4.78, 5) is 13.6. The van der Waals surface area contributed by atoms with Crippen molar-refractivity contribution < 1.29 is 17.9 Å². The minimum absolute atomic E-state index is 0.0795. The van der Waals surface area contributed by atoms with Crippen LogP contribution in [0.25, 0.3) is 0 Å². The molecule has 2 aromatic rings. The summed E-state index contributed by atoms with van der Waals surface area (Å²) in [5.74, 6) is 0.416. The van der Waals surface area contributed by atoms with E-state index in [-0.39, 0.29) is 12.5 Å². The fourth-order valence-corrected chi connectivity index (χ4v) is 2.43. The van der Waals surface area contributed by atoms with Gasteiger partial charge >= 0.3 is 0 Å². The Hall–Kier alpha value is -2.54. The summed E-state index contributed by atoms with van der Waals surface area (Å²) in [5, 5.41) is 0. The molecule has 0 fully saturated rings. The van der Waals surface area contributed by atoms with Crippen LogP contribution in [0.2, 0.25) is 0 Å². The maximum atomic E-state index is 12.1. The van der Waals surface area contributed by atoms with Gasteiger partial charge in [0.15, 0.2) is 6.61 Å². The number of hydrogen-bond acceptors (Lipinski definition) is 4. The van der Waals surface area contributed by atoms with Crippen molar-refractivity contribution in [3.63, 3.8) is 0 Å². The van der Waals surface area contributed by atoms with Crippen molar-refractivity contribution in [3.05, 3.63) is 54.6 Å². The summed E-state index contributed by atoms with van der Waals surface area (Å²) in [6, 6.07) is 15.6. The van der Waals surface area contributed by atoms with Gasteiger partial charge in [0.25, 0.3) is 5.91 Å². The van der Waals surface area contributed by atoms with Crippen LogP contribution >= 0.6 is 0 Å². The minimum Gasteiger partial charge on any atom is -0.484 e. The van der Waals surface area contributed by atoms with Crippen LogP contribution in [0.15, 0.2) is 54.6 Å². The lowest BCUT2D eigenvalue weighted by atomic mass is 10.2. The summed E-state index contributed by atoms with van der Waals surface area (Å²) in [7, 11) is -1.68. The Morgan fingerprint density at radius 2 is 1.70 bits per heavy atom. The highest BCUT2D eigenvalue weighted by atomic mass is 32.2. The third-order valence-corrected chi connectivity index (χ3v) is 3.64. The van der Waals surface area contributed by atoms with Crippen LogP contribution < -0.4 is 14.4 Å². The Balaban J connectivity index is 1.96. The van der Waals surface area contributed by atoms with Crippen molar-refractivity contribution in [1.29, 1.82) is 0 Å². The number of hydrogen-bond donors (Lipinski definition) is 1. The number of rotatable bonds is 6. The number of carbonyl (C=O) groups excluding carboxylic acids is 1. The Labute approximate surface area is 135 Å². The number of nitrogens with zero attached hydrogens (tertiary/aromatic N) is 1. The van der Waals surface area contributed by atoms with Gasteiger partial charge in [-0.05, 0) is 36.4 Å². The molecule has 0 radical (unpaired) electrons. The molecular weight excluding hydrogens is 316 g/mol. The van der Waals surface area contributed by atoms with Crippen molar-refractivity contribution in [2.45, 2.75) is 0 Å². The first-order valence-corrected chi connectivity index (χ1v) is 8.76. The molecule has 0 saturated heterocycles. The van der Waals surface area contributed by atoms with Crippen molar-refractivity contribution in [2.24, 2.45) is 0 Å². The van der Waals surface area contributed by atoms with Crippen LogP contribution in [0.5, 0.6) is 5.75 Å². The topological polar surface area (TPSA) is 75.7 Å². The first-order valence-electron chi connectivity index (χ1n) is 6.87. The summed E-state index contributed by atoms with van der Waals surface area (Å²) < 4.78 is 30.1. The van der Waals surface area contributed by atoms with Crippen LogP contribution in [0.1, 0.15) is 0 Å². The van der Waals surface area contributed by atoms with Gasteiger partial charge in [0.05, 0.1) is 6.26 Å². The van der Waals surface area contributed by atoms with Gasteiger partial charge in [0.2, 0.25) is 10.0 Å². The predicted octanol–water partition coefficient (Wildman–Crippen LogP) is 2.10. The Morgan fingerprint density at radius 1 is 1.09 bits per heavy atom. The molecule has 0 spiro atoms. The SMILES string of the molecule is CN(C(=O)COc1ccccc1)c1ccc(NS(C)(=O)=O)cc1. The normalized spacial score (nSPS) is 10.9. The summed E-state index contributed by atoms with van der Waals surface area (Å²) in [6.07, 6.45) is 1.08. The van der Waals surface area contributed by atoms with Gasteiger partial charge in [-0.1, -0.05) is 18.2 Å². The largest absolute Gasteiger partial charge is 0.484 e. The van der Waals surface area contributed by atoms with E-state index >= 15 is 0 Å². The molecule has 0 saturated carbocycles. The second-order valence-electron chi connectivity index (χ2n) is 4.98. The Morgan fingerprint density at radius 3 is 2.26 bits per heavy atom. The molecule has 1 amide bonds. The maximum absolute atomic E-state index is 12.1. The number of para-hydroxylation sites is 1. The van der Waals surface area contributed by atoms with E-state index < -0.39 is 10.0 Å². The molecule has 2 rings (SSSR count). The quantitative estimate of drug-likeness (QED) is 0.878. The Kier molecular flexibility index (Phi) is 5.23. The highest BCUT2D eigenvalue weighted by molar-refractivity contribution is 7.92. The van der Waals surface area contributed by atoms with E-state index in [4.69, 9.17) is 4.74 Å². The number of nitrogens with one attached hydrogen (secondary N) is 1. The number of carbonyl (C=O) groups is 1. The fourth-order valence-electron chi connectivity index (χ4n) is 1.87. The number of sulfonamides is 1. The average Bonchev–Trinajstić information content (AvgIpc) is 2.52. The first-order chi connectivity index (χ1) is 10.8. The lowest BCUT2D eigenvalue weighted by Gasteiger charge is -2.18. The van der Waals surface area contributed by atoms with Crippen LogP contribution in [-0.4, -0.2) is 34.2 Å². The summed E-state index contributed by atoms with van der Waals surface area (Å²) in [5.41, 5.74) is 1.09. The van der Waals surface area contributed by atoms with Crippen LogP contribution in [0.4, 0.5) is 11.4 Å². The zero-order chi connectivity index (χ0) is 16.9. The number of ether oxygens (including phenoxy) is 1. The first kappa shape index (κ1) is 16.8. The minimum atomic E-state index is -3.32. The summed E-state index contributed by atoms with van der Waals surface area (Å²) >= 11 is 0. The molecule has 0 bridgehead atoms. The van der Waals surface area contributed by atoms with E-state index in [1.54, 1.807) is 43.4 Å². The molecule has 0 heterocycles. The van der Waals surface area contributed by atoms with E-state index in [2.05, 4.69) is 4.72 Å². The second-order valence-corrected chi connectivity index (χ2v) is 6.72. The third kappa shape index (κ3) is 5.30. The maximum Gasteiger partial charge on any atom is 0.264 e. The molecule has 23 heavy (non-hydrogen) atoms. The highest BCUT2D eigenvalue weighted by Crippen LogP contribution is 2.18. The van der Waals surface area contributed by atoms with Crippen LogP contribution in [-0.2, 0) is 14.8 Å². The summed E-state index contributed by atoms with van der Waals surface area (Å²) in [6.45, 7) is -0.0795. The number of likely N-dealkylation sites (N-methyl/N-ethyl adjacent to an activating group) is 1. The van der Waals surface area contributed by atoms with Gasteiger partial charge in [-0.25, -0.2) is 8.42 Å². The second kappa shape index (κ2) is 7.15. The molecule has 0 aromatic heterocycles. The number of amides is 1. The molecule has 122 valence electrons. The van der Waals surface area contributed by atoms with Gasteiger partial charge in [-0.15, -0.1) is 0 Å². The van der Waals surface area contributed by atoms with E-state index in [0.717, 1.165) is 6.26 Å². The zero-order valence-electron chi connectivity index (χ0n) is 12.9. The molecule has 2 aromatic carbocycles. The van der Waals surface area contributed by atoms with Crippen molar-refractivity contribution in [3.8, 4) is 5.75 Å². The van der Waals surface area contributed by atoms with E-state index in [1.807, 2.05) is 18.2 Å². The lowest BCUT2D eigenvalue weighted by molar-refractivity contribution is -0.120. The molecule has 6 nitrogen and oxygen atoms in total. The fraction of sp³-hybridized carbons (Fsp3) is 0.188. The smallest absolute Gasteiger partial charge is 0.264 e. The van der Waals surface area contributed by atoms with E-state index in [1.165, 1.54) is 4.90 Å². The average molecular weight is 334 g/mol. The van der Waals surface area contributed by atoms with Crippen LogP contribution in [0, 0.1) is 0 Å². The standard InChI is InChI=1S/C16H18N2O4S/c1-18(16(19)12-22-15-6-4-3-5-7-15)14-10-8-13(9-11-14)17-23(2,20)21/h3-11,17H,12H2,1-2H3. The van der Waals surface area contributed by atoms with Crippen molar-refractivity contribution in [2.75, 3.05) is 29.5 Å². The number of benzene rings is 2. The molecule has 0 aliphatic carbocycles. The molecular formula is C16H18N2O4S. The zero-order valence-corrected chi connectivity index (χ0v) is 13.7. The molecule has 1 N–H and O–H groups in total. The van der Waals surface area contributed by atoms with Crippen molar-refractivity contribution >= 4 is 27.3 Å². The monoisotopic (exact) mass is 334 g/mol. The lowest BCUT2D eigenvalue weighted by Crippen LogP contribution is -2.31. The molecule has 7 heteroatoms. The number of anilines is 2. The van der Waals surface area contributed by atoms with Crippen molar-refractivity contribution in [1.82, 2.24) is 0 Å². The molecule has 0 unspecified atom stereocenters. The van der Waals surface area contributed by atoms with E-state index in [9.17, 15) is 13.2 Å². The van der Waals surface area contributed by atoms with Gasteiger partial charge in [0.1, 0.15) is 5.75 Å². The third-order valence-electron chi connectivity index (χ3n) is 3.04. The molecule has 0 atom stereocenters. The van der Waals surface area contributed by atoms with Gasteiger partial charge in [0, 0.05) is 18.4 Å². The van der Waals surface area contributed by atoms with E-state index in [0.29, 0.717) is 17.1 Å².